The minimum absolute atomic E-state index is 0.0925. The van der Waals surface area contributed by atoms with Gasteiger partial charge in [-0.15, -0.1) is 0 Å². The quantitative estimate of drug-likeness (QED) is 0.619. The van der Waals surface area contributed by atoms with E-state index in [1.165, 1.54) is 6.08 Å². The molecule has 1 aliphatic rings. The Morgan fingerprint density at radius 2 is 1.58 bits per heavy atom. The molecule has 4 amide bonds. The molecule has 2 aromatic rings. The zero-order chi connectivity index (χ0) is 18.8. The highest BCUT2D eigenvalue weighted by Crippen LogP contribution is 2.24. The third kappa shape index (κ3) is 3.52. The molecule has 0 unspecified atom stereocenters. The molecule has 1 aliphatic heterocycles. The molecule has 2 aromatic carbocycles. The van der Waals surface area contributed by atoms with E-state index in [1.807, 2.05) is 43.3 Å². The lowest BCUT2D eigenvalue weighted by atomic mass is 10.1. The van der Waals surface area contributed by atoms with E-state index in [2.05, 4.69) is 21.2 Å². The van der Waals surface area contributed by atoms with Gasteiger partial charge in [-0.3, -0.25) is 14.9 Å². The van der Waals surface area contributed by atoms with E-state index >= 15 is 0 Å². The average molecular weight is 414 g/mol. The minimum Gasteiger partial charge on any atom is -0.378 e. The number of carbonyl (C=O) groups is 3. The number of nitrogens with zero attached hydrogens (tertiary/aromatic N) is 2. The van der Waals surface area contributed by atoms with E-state index < -0.39 is 17.8 Å². The summed E-state index contributed by atoms with van der Waals surface area (Å²) in [5.41, 5.74) is 1.99. The lowest BCUT2D eigenvalue weighted by molar-refractivity contribution is -0.122. The van der Waals surface area contributed by atoms with Gasteiger partial charge >= 0.3 is 6.03 Å². The van der Waals surface area contributed by atoms with E-state index in [0.29, 0.717) is 11.3 Å². The summed E-state index contributed by atoms with van der Waals surface area (Å²) in [5, 5.41) is 2.21. The van der Waals surface area contributed by atoms with Gasteiger partial charge in [0.1, 0.15) is 5.57 Å². The smallest absolute Gasteiger partial charge is 0.335 e. The van der Waals surface area contributed by atoms with Crippen LogP contribution in [0.5, 0.6) is 0 Å². The van der Waals surface area contributed by atoms with Crippen LogP contribution in [0.2, 0.25) is 0 Å². The van der Waals surface area contributed by atoms with Crippen LogP contribution in [0.25, 0.3) is 6.08 Å². The molecule has 132 valence electrons. The number of urea groups is 1. The Morgan fingerprint density at radius 3 is 2.15 bits per heavy atom. The molecule has 26 heavy (non-hydrogen) atoms. The SMILES string of the molecule is CN(C)c1ccc(/C=C2/C(=O)NC(=O)N(c3ccc(Br)cc3)C2=O)cc1. The summed E-state index contributed by atoms with van der Waals surface area (Å²) < 4.78 is 0.818. The van der Waals surface area contributed by atoms with Crippen molar-refractivity contribution in [3.8, 4) is 0 Å². The molecule has 1 saturated heterocycles. The summed E-state index contributed by atoms with van der Waals surface area (Å²) >= 11 is 3.31. The highest BCUT2D eigenvalue weighted by molar-refractivity contribution is 9.10. The van der Waals surface area contributed by atoms with Crippen molar-refractivity contribution < 1.29 is 14.4 Å². The van der Waals surface area contributed by atoms with Crippen molar-refractivity contribution in [1.29, 1.82) is 0 Å². The molecule has 0 aromatic heterocycles. The molecule has 0 aliphatic carbocycles. The lowest BCUT2D eigenvalue weighted by Crippen LogP contribution is -2.54. The van der Waals surface area contributed by atoms with Crippen molar-refractivity contribution in [3.63, 3.8) is 0 Å². The number of anilines is 2. The van der Waals surface area contributed by atoms with Crippen molar-refractivity contribution in [2.24, 2.45) is 0 Å². The van der Waals surface area contributed by atoms with Gasteiger partial charge in [0.25, 0.3) is 11.8 Å². The third-order valence-electron chi connectivity index (χ3n) is 3.91. The number of benzene rings is 2. The number of amides is 4. The van der Waals surface area contributed by atoms with E-state index in [9.17, 15) is 14.4 Å². The zero-order valence-corrected chi connectivity index (χ0v) is 15.8. The maximum Gasteiger partial charge on any atom is 0.335 e. The number of halogens is 1. The Hall–Kier alpha value is -2.93. The third-order valence-corrected chi connectivity index (χ3v) is 4.44. The van der Waals surface area contributed by atoms with Crippen LogP contribution in [0.4, 0.5) is 16.2 Å². The van der Waals surface area contributed by atoms with Crippen LogP contribution in [-0.4, -0.2) is 31.9 Å². The normalized spacial score (nSPS) is 16.0. The van der Waals surface area contributed by atoms with Crippen molar-refractivity contribution in [3.05, 3.63) is 64.1 Å². The predicted molar refractivity (Wildman–Crippen MR) is 104 cm³/mol. The summed E-state index contributed by atoms with van der Waals surface area (Å²) in [6, 6.07) is 13.3. The first-order chi connectivity index (χ1) is 12.4. The van der Waals surface area contributed by atoms with Crippen LogP contribution in [0, 0.1) is 0 Å². The molecule has 3 rings (SSSR count). The molecule has 1 N–H and O–H groups in total. The predicted octanol–water partition coefficient (Wildman–Crippen LogP) is 3.18. The van der Waals surface area contributed by atoms with E-state index in [4.69, 9.17) is 0 Å². The lowest BCUT2D eigenvalue weighted by Gasteiger charge is -2.26. The molecule has 0 atom stereocenters. The molecule has 0 spiro atoms. The molecular weight excluding hydrogens is 398 g/mol. The zero-order valence-electron chi connectivity index (χ0n) is 14.2. The Labute approximate surface area is 159 Å². The molecule has 7 heteroatoms. The van der Waals surface area contributed by atoms with Gasteiger partial charge in [0.05, 0.1) is 5.69 Å². The van der Waals surface area contributed by atoms with Gasteiger partial charge in [-0.25, -0.2) is 9.69 Å². The Balaban J connectivity index is 1.95. The van der Waals surface area contributed by atoms with Crippen LogP contribution < -0.4 is 15.1 Å². The van der Waals surface area contributed by atoms with Crippen molar-refractivity contribution in [2.45, 2.75) is 0 Å². The first kappa shape index (κ1) is 17.9. The number of rotatable bonds is 3. The molecular formula is C19H16BrN3O3. The Kier molecular flexibility index (Phi) is 4.90. The largest absolute Gasteiger partial charge is 0.378 e. The van der Waals surface area contributed by atoms with E-state index in [1.54, 1.807) is 24.3 Å². The molecule has 1 heterocycles. The van der Waals surface area contributed by atoms with Crippen LogP contribution >= 0.6 is 15.9 Å². The second-order valence-corrected chi connectivity index (χ2v) is 6.84. The van der Waals surface area contributed by atoms with Crippen molar-refractivity contribution in [1.82, 2.24) is 5.32 Å². The van der Waals surface area contributed by atoms with Crippen molar-refractivity contribution >= 4 is 51.2 Å². The van der Waals surface area contributed by atoms with Gasteiger partial charge in [0.2, 0.25) is 0 Å². The highest BCUT2D eigenvalue weighted by Gasteiger charge is 2.36. The Bertz CT molecular complexity index is 903. The first-order valence-electron chi connectivity index (χ1n) is 7.81. The molecule has 1 fully saturated rings. The average Bonchev–Trinajstić information content (AvgIpc) is 2.60. The van der Waals surface area contributed by atoms with Gasteiger partial charge in [0.15, 0.2) is 0 Å². The summed E-state index contributed by atoms with van der Waals surface area (Å²) in [6.45, 7) is 0. The highest BCUT2D eigenvalue weighted by atomic mass is 79.9. The van der Waals surface area contributed by atoms with Crippen LogP contribution in [0.15, 0.2) is 58.6 Å². The number of barbiturate groups is 1. The monoisotopic (exact) mass is 413 g/mol. The number of carbonyl (C=O) groups excluding carboxylic acids is 3. The standard InChI is InChI=1S/C19H16BrN3O3/c1-22(2)14-7-3-12(4-8-14)11-16-17(24)21-19(26)23(18(16)25)15-9-5-13(20)6-10-15/h3-11H,1-2H3,(H,21,24,26)/b16-11-. The topological polar surface area (TPSA) is 69.7 Å². The van der Waals surface area contributed by atoms with Gasteiger partial charge in [0, 0.05) is 24.3 Å². The van der Waals surface area contributed by atoms with Gasteiger partial charge in [-0.1, -0.05) is 28.1 Å². The fourth-order valence-corrected chi connectivity index (χ4v) is 2.78. The van der Waals surface area contributed by atoms with E-state index in [0.717, 1.165) is 15.1 Å². The van der Waals surface area contributed by atoms with Gasteiger partial charge < -0.3 is 4.90 Å². The number of hydrogen-bond acceptors (Lipinski definition) is 4. The summed E-state index contributed by atoms with van der Waals surface area (Å²) in [7, 11) is 3.85. The first-order valence-corrected chi connectivity index (χ1v) is 8.60. The maximum absolute atomic E-state index is 12.8. The molecule has 0 radical (unpaired) electrons. The van der Waals surface area contributed by atoms with Crippen LogP contribution in [0.1, 0.15) is 5.56 Å². The van der Waals surface area contributed by atoms with Crippen LogP contribution in [0.3, 0.4) is 0 Å². The number of nitrogens with one attached hydrogen (secondary N) is 1. The van der Waals surface area contributed by atoms with E-state index in [-0.39, 0.29) is 5.57 Å². The van der Waals surface area contributed by atoms with Gasteiger partial charge in [-0.2, -0.15) is 0 Å². The maximum atomic E-state index is 12.8. The Morgan fingerprint density at radius 1 is 0.962 bits per heavy atom. The minimum atomic E-state index is -0.762. The molecule has 0 saturated carbocycles. The number of imide groups is 2. The van der Waals surface area contributed by atoms with Crippen molar-refractivity contribution in [2.75, 3.05) is 23.9 Å². The second-order valence-electron chi connectivity index (χ2n) is 5.92. The second kappa shape index (κ2) is 7.13. The fourth-order valence-electron chi connectivity index (χ4n) is 2.52. The molecule has 6 nitrogen and oxygen atoms in total. The fraction of sp³-hybridized carbons (Fsp3) is 0.105. The van der Waals surface area contributed by atoms with Crippen LogP contribution in [-0.2, 0) is 9.59 Å². The number of hydrogen-bond donors (Lipinski definition) is 1. The van der Waals surface area contributed by atoms with Gasteiger partial charge in [-0.05, 0) is 48.0 Å². The summed E-state index contributed by atoms with van der Waals surface area (Å²) in [4.78, 5) is 40.0. The summed E-state index contributed by atoms with van der Waals surface area (Å²) in [6.07, 6.45) is 1.48. The summed E-state index contributed by atoms with van der Waals surface area (Å²) in [5.74, 6) is -1.36. The molecule has 0 bridgehead atoms.